The highest BCUT2D eigenvalue weighted by atomic mass is 19.1. The van der Waals surface area contributed by atoms with Gasteiger partial charge in [0.1, 0.15) is 28.9 Å². The summed E-state index contributed by atoms with van der Waals surface area (Å²) in [6.45, 7) is -0.280. The van der Waals surface area contributed by atoms with Crippen LogP contribution in [0, 0.1) is 17.6 Å². The van der Waals surface area contributed by atoms with E-state index in [1.165, 1.54) is 36.6 Å². The molecule has 0 aliphatic rings. The summed E-state index contributed by atoms with van der Waals surface area (Å²) in [6, 6.07) is 15.2. The molecule has 0 spiro atoms. The summed E-state index contributed by atoms with van der Waals surface area (Å²) in [7, 11) is 4.39. The molecule has 7 nitrogen and oxygen atoms in total. The number of halogens is 2. The molecule has 0 bridgehead atoms. The van der Waals surface area contributed by atoms with Gasteiger partial charge in [0.25, 0.3) is 0 Å². The van der Waals surface area contributed by atoms with Crippen molar-refractivity contribution in [2.45, 2.75) is 5.92 Å². The fourth-order valence-corrected chi connectivity index (χ4v) is 3.88. The smallest absolute Gasteiger partial charge is 0.227 e. The van der Waals surface area contributed by atoms with Crippen LogP contribution in [0.2, 0.25) is 0 Å². The zero-order valence-corrected chi connectivity index (χ0v) is 20.8. The summed E-state index contributed by atoms with van der Waals surface area (Å²) in [6.07, 6.45) is 2.80. The minimum atomic E-state index is -1.04. The van der Waals surface area contributed by atoms with Gasteiger partial charge < -0.3 is 19.8 Å². The highest BCUT2D eigenvalue weighted by Crippen LogP contribution is 2.34. The number of phenols is 2. The number of nitrogens with zero attached hydrogens (tertiary/aromatic N) is 3. The molecular formula is C28H29F2N3O4. The Morgan fingerprint density at radius 3 is 1.86 bits per heavy atom. The first-order valence-electron chi connectivity index (χ1n) is 11.5. The van der Waals surface area contributed by atoms with Gasteiger partial charge in [-0.15, -0.1) is 0 Å². The number of hydrogen-bond acceptors (Lipinski definition) is 6. The lowest BCUT2D eigenvalue weighted by molar-refractivity contribution is -0.133. The van der Waals surface area contributed by atoms with Crippen molar-refractivity contribution in [3.05, 3.63) is 89.0 Å². The van der Waals surface area contributed by atoms with Gasteiger partial charge in [0.05, 0.1) is 19.6 Å². The number of phenolic OH excluding ortho intramolecular Hbond substituents is 2. The van der Waals surface area contributed by atoms with Gasteiger partial charge in [0.2, 0.25) is 5.91 Å². The normalized spacial score (nSPS) is 13.1. The lowest BCUT2D eigenvalue weighted by atomic mass is 9.84. The van der Waals surface area contributed by atoms with Gasteiger partial charge in [-0.3, -0.25) is 14.8 Å². The SMILES string of the molecule is COc1cc(F)c(C(C/N=C/c2ccccc2O)C(C/N=C\c2ccccc2O)C(=O)N(C)C)c(F)c1. The largest absolute Gasteiger partial charge is 0.507 e. The van der Waals surface area contributed by atoms with Crippen molar-refractivity contribution in [3.8, 4) is 17.2 Å². The predicted octanol–water partition coefficient (Wildman–Crippen LogP) is 4.41. The summed E-state index contributed by atoms with van der Waals surface area (Å²) in [5, 5.41) is 20.0. The summed E-state index contributed by atoms with van der Waals surface area (Å²) < 4.78 is 35.4. The van der Waals surface area contributed by atoms with Crippen LogP contribution in [0.4, 0.5) is 8.78 Å². The average molecular weight is 510 g/mol. The molecule has 3 rings (SSSR count). The standard InChI is InChI=1S/C28H29F2N3O4/c1-33(2)28(36)22(17-32-15-19-9-5-7-11-26(19)35)21(16-31-14-18-8-4-6-10-25(18)34)27-23(29)12-20(37-3)13-24(27)30/h4-15,21-22,34-35H,16-17H2,1-3H3/b31-14+,32-15-. The van der Waals surface area contributed by atoms with Crippen molar-refractivity contribution < 1.29 is 28.5 Å². The minimum absolute atomic E-state index is 0.00204. The third-order valence-electron chi connectivity index (χ3n) is 5.84. The van der Waals surface area contributed by atoms with E-state index in [0.29, 0.717) is 11.1 Å². The Kier molecular flexibility index (Phi) is 9.32. The number of carbonyl (C=O) groups excluding carboxylic acids is 1. The summed E-state index contributed by atoms with van der Waals surface area (Å²) in [5.74, 6) is -4.16. The number of rotatable bonds is 10. The molecule has 0 aliphatic heterocycles. The highest BCUT2D eigenvalue weighted by Gasteiger charge is 2.34. The molecule has 2 N–H and O–H groups in total. The Morgan fingerprint density at radius 2 is 1.41 bits per heavy atom. The van der Waals surface area contributed by atoms with Crippen molar-refractivity contribution in [1.82, 2.24) is 4.90 Å². The number of amides is 1. The molecule has 0 aromatic heterocycles. The molecule has 3 aromatic carbocycles. The molecule has 2 unspecified atom stereocenters. The van der Waals surface area contributed by atoms with E-state index in [0.717, 1.165) is 12.1 Å². The fourth-order valence-electron chi connectivity index (χ4n) is 3.88. The molecule has 194 valence electrons. The number of ether oxygens (including phenoxy) is 1. The first-order valence-corrected chi connectivity index (χ1v) is 11.5. The molecule has 0 saturated heterocycles. The van der Waals surface area contributed by atoms with Crippen LogP contribution in [-0.4, -0.2) is 67.7 Å². The van der Waals surface area contributed by atoms with Crippen molar-refractivity contribution in [1.29, 1.82) is 0 Å². The van der Waals surface area contributed by atoms with E-state index >= 15 is 8.78 Å². The molecule has 1 amide bonds. The second-order valence-corrected chi connectivity index (χ2v) is 8.56. The maximum atomic E-state index is 15.2. The molecule has 0 fully saturated rings. The van der Waals surface area contributed by atoms with Crippen LogP contribution in [0.25, 0.3) is 0 Å². The molecular weight excluding hydrogens is 480 g/mol. The number of methoxy groups -OCH3 is 1. The van der Waals surface area contributed by atoms with Gasteiger partial charge >= 0.3 is 0 Å². The molecule has 0 radical (unpaired) electrons. The first-order chi connectivity index (χ1) is 17.7. The summed E-state index contributed by atoms with van der Waals surface area (Å²) in [4.78, 5) is 23.2. The van der Waals surface area contributed by atoms with Crippen molar-refractivity contribution >= 4 is 18.3 Å². The van der Waals surface area contributed by atoms with E-state index in [-0.39, 0.29) is 35.9 Å². The molecule has 0 saturated carbocycles. The van der Waals surface area contributed by atoms with E-state index in [2.05, 4.69) is 9.98 Å². The Bertz CT molecular complexity index is 1270. The molecule has 9 heteroatoms. The highest BCUT2D eigenvalue weighted by molar-refractivity contribution is 5.85. The Morgan fingerprint density at radius 1 is 0.919 bits per heavy atom. The molecule has 2 atom stereocenters. The zero-order chi connectivity index (χ0) is 26.9. The summed E-state index contributed by atoms with van der Waals surface area (Å²) >= 11 is 0. The van der Waals surface area contributed by atoms with Gasteiger partial charge in [0.15, 0.2) is 0 Å². The Hall–Kier alpha value is -4.27. The van der Waals surface area contributed by atoms with Gasteiger partial charge in [-0.2, -0.15) is 0 Å². The van der Waals surface area contributed by atoms with Gasteiger partial charge in [-0.1, -0.05) is 24.3 Å². The average Bonchev–Trinajstić information content (AvgIpc) is 2.87. The Labute approximate surface area is 214 Å². The van der Waals surface area contributed by atoms with Crippen LogP contribution in [0.3, 0.4) is 0 Å². The number of para-hydroxylation sites is 2. The lowest BCUT2D eigenvalue weighted by Crippen LogP contribution is -2.37. The second-order valence-electron chi connectivity index (χ2n) is 8.56. The van der Waals surface area contributed by atoms with Crippen LogP contribution < -0.4 is 4.74 Å². The number of aliphatic imine (C=N–C) groups is 2. The molecule has 3 aromatic rings. The quantitative estimate of drug-likeness (QED) is 0.396. The second kappa shape index (κ2) is 12.6. The van der Waals surface area contributed by atoms with Crippen molar-refractivity contribution in [2.24, 2.45) is 15.9 Å². The van der Waals surface area contributed by atoms with Crippen LogP contribution in [0.15, 0.2) is 70.6 Å². The van der Waals surface area contributed by atoms with E-state index in [9.17, 15) is 15.0 Å². The maximum Gasteiger partial charge on any atom is 0.227 e. The van der Waals surface area contributed by atoms with Crippen molar-refractivity contribution in [3.63, 3.8) is 0 Å². The summed E-state index contributed by atoms with van der Waals surface area (Å²) in [5.41, 5.74) is 0.549. The van der Waals surface area contributed by atoms with Gasteiger partial charge in [-0.25, -0.2) is 8.78 Å². The molecule has 0 heterocycles. The maximum absolute atomic E-state index is 15.2. The van der Waals surface area contributed by atoms with E-state index in [4.69, 9.17) is 4.74 Å². The molecule has 37 heavy (non-hydrogen) atoms. The fraction of sp³-hybridized carbons (Fsp3) is 0.250. The topological polar surface area (TPSA) is 94.7 Å². The van der Waals surface area contributed by atoms with Crippen LogP contribution in [-0.2, 0) is 4.79 Å². The van der Waals surface area contributed by atoms with E-state index in [1.54, 1.807) is 50.5 Å². The number of carbonyl (C=O) groups is 1. The Balaban J connectivity index is 2.04. The third kappa shape index (κ3) is 6.91. The lowest BCUT2D eigenvalue weighted by Gasteiger charge is -2.27. The number of benzene rings is 3. The molecule has 0 aliphatic carbocycles. The van der Waals surface area contributed by atoms with Crippen LogP contribution in [0.1, 0.15) is 22.6 Å². The van der Waals surface area contributed by atoms with Gasteiger partial charge in [-0.05, 0) is 24.3 Å². The zero-order valence-electron chi connectivity index (χ0n) is 20.8. The van der Waals surface area contributed by atoms with Crippen LogP contribution in [0.5, 0.6) is 17.2 Å². The first kappa shape index (κ1) is 27.3. The van der Waals surface area contributed by atoms with E-state index < -0.39 is 29.4 Å². The monoisotopic (exact) mass is 509 g/mol. The number of hydrogen-bond donors (Lipinski definition) is 2. The van der Waals surface area contributed by atoms with Crippen molar-refractivity contribution in [2.75, 3.05) is 34.3 Å². The predicted molar refractivity (Wildman–Crippen MR) is 139 cm³/mol. The minimum Gasteiger partial charge on any atom is -0.507 e. The third-order valence-corrected chi connectivity index (χ3v) is 5.84. The van der Waals surface area contributed by atoms with E-state index in [1.807, 2.05) is 0 Å². The van der Waals surface area contributed by atoms with Gasteiger partial charge in [0, 0.05) is 67.8 Å². The number of aromatic hydroxyl groups is 2. The van der Waals surface area contributed by atoms with Crippen LogP contribution >= 0.6 is 0 Å².